The van der Waals surface area contributed by atoms with Gasteiger partial charge in [-0.05, 0) is 12.8 Å². The lowest BCUT2D eigenvalue weighted by Gasteiger charge is -2.45. The largest absolute Gasteiger partial charge is 0.368 e. The summed E-state index contributed by atoms with van der Waals surface area (Å²) >= 11 is 0. The number of nitrogens with zero attached hydrogens (tertiary/aromatic N) is 1. The zero-order chi connectivity index (χ0) is 12.5. The molecule has 7 heteroatoms. The topological polar surface area (TPSA) is 92.5 Å². The molecule has 0 aromatic carbocycles. The third kappa shape index (κ3) is 2.46. The summed E-state index contributed by atoms with van der Waals surface area (Å²) in [6.07, 6.45) is 0.676. The molecular weight excluding hydrogens is 242 g/mol. The molecule has 2 fully saturated rings. The molecule has 0 bridgehead atoms. The standard InChI is InChI=1S/C10H19N3O3S/c11-9(14)10(13-5-3-12-4-6-13)1-7-17(15,16)8-2-10/h12H,1-8H2,(H2,11,14). The first kappa shape index (κ1) is 12.8. The van der Waals surface area contributed by atoms with Crippen LogP contribution in [-0.2, 0) is 14.6 Å². The highest BCUT2D eigenvalue weighted by Crippen LogP contribution is 2.30. The van der Waals surface area contributed by atoms with E-state index in [4.69, 9.17) is 5.73 Å². The van der Waals surface area contributed by atoms with Gasteiger partial charge in [0.05, 0.1) is 11.5 Å². The zero-order valence-corrected chi connectivity index (χ0v) is 10.6. The van der Waals surface area contributed by atoms with Gasteiger partial charge < -0.3 is 11.1 Å². The summed E-state index contributed by atoms with van der Waals surface area (Å²) < 4.78 is 22.9. The Balaban J connectivity index is 2.19. The van der Waals surface area contributed by atoms with Crippen molar-refractivity contribution in [3.8, 4) is 0 Å². The Hall–Kier alpha value is -0.660. The van der Waals surface area contributed by atoms with Crippen molar-refractivity contribution in [1.29, 1.82) is 0 Å². The summed E-state index contributed by atoms with van der Waals surface area (Å²) in [6, 6.07) is 0. The van der Waals surface area contributed by atoms with Crippen molar-refractivity contribution >= 4 is 15.7 Å². The fourth-order valence-electron chi connectivity index (χ4n) is 2.69. The van der Waals surface area contributed by atoms with Crippen LogP contribution in [0.4, 0.5) is 0 Å². The molecule has 17 heavy (non-hydrogen) atoms. The van der Waals surface area contributed by atoms with E-state index in [0.717, 1.165) is 26.2 Å². The van der Waals surface area contributed by atoms with Crippen LogP contribution in [0.3, 0.4) is 0 Å². The first-order chi connectivity index (χ1) is 7.96. The Labute approximate surface area is 101 Å². The van der Waals surface area contributed by atoms with Gasteiger partial charge in [-0.2, -0.15) is 0 Å². The van der Waals surface area contributed by atoms with Crippen molar-refractivity contribution in [2.75, 3.05) is 37.7 Å². The van der Waals surface area contributed by atoms with Crippen molar-refractivity contribution in [3.63, 3.8) is 0 Å². The summed E-state index contributed by atoms with van der Waals surface area (Å²) in [7, 11) is -2.98. The molecule has 3 N–H and O–H groups in total. The van der Waals surface area contributed by atoms with Crippen LogP contribution in [-0.4, -0.2) is 62.4 Å². The van der Waals surface area contributed by atoms with E-state index in [1.807, 2.05) is 0 Å². The van der Waals surface area contributed by atoms with Gasteiger partial charge in [0.15, 0.2) is 0 Å². The van der Waals surface area contributed by atoms with Crippen molar-refractivity contribution < 1.29 is 13.2 Å². The van der Waals surface area contributed by atoms with E-state index < -0.39 is 15.4 Å². The van der Waals surface area contributed by atoms with Gasteiger partial charge in [0.2, 0.25) is 5.91 Å². The Bertz CT molecular complexity index is 387. The van der Waals surface area contributed by atoms with Crippen LogP contribution >= 0.6 is 0 Å². The molecule has 98 valence electrons. The number of amides is 1. The highest BCUT2D eigenvalue weighted by atomic mass is 32.2. The second kappa shape index (κ2) is 4.55. The summed E-state index contributed by atoms with van der Waals surface area (Å²) in [6.45, 7) is 3.15. The van der Waals surface area contributed by atoms with E-state index in [-0.39, 0.29) is 17.4 Å². The average Bonchev–Trinajstić information content (AvgIpc) is 2.30. The molecule has 2 rings (SSSR count). The fourth-order valence-corrected chi connectivity index (χ4v) is 4.19. The van der Waals surface area contributed by atoms with Crippen LogP contribution in [0.15, 0.2) is 0 Å². The normalized spacial score (nSPS) is 28.7. The Kier molecular flexibility index (Phi) is 3.42. The number of hydrogen-bond donors (Lipinski definition) is 2. The second-order valence-corrected chi connectivity index (χ2v) is 7.09. The van der Waals surface area contributed by atoms with E-state index in [9.17, 15) is 13.2 Å². The van der Waals surface area contributed by atoms with Gasteiger partial charge in [0, 0.05) is 26.2 Å². The lowest BCUT2D eigenvalue weighted by molar-refractivity contribution is -0.131. The Morgan fingerprint density at radius 2 is 1.71 bits per heavy atom. The maximum Gasteiger partial charge on any atom is 0.238 e. The quantitative estimate of drug-likeness (QED) is 0.620. The summed E-state index contributed by atoms with van der Waals surface area (Å²) in [4.78, 5) is 13.8. The number of piperazine rings is 1. The summed E-state index contributed by atoms with van der Waals surface area (Å²) in [5.74, 6) is -0.242. The molecule has 2 heterocycles. The first-order valence-electron chi connectivity index (χ1n) is 5.92. The monoisotopic (exact) mass is 261 g/mol. The minimum atomic E-state index is -2.98. The van der Waals surface area contributed by atoms with E-state index in [1.54, 1.807) is 0 Å². The fraction of sp³-hybridized carbons (Fsp3) is 0.900. The number of rotatable bonds is 2. The van der Waals surface area contributed by atoms with Crippen molar-refractivity contribution in [1.82, 2.24) is 10.2 Å². The average molecular weight is 261 g/mol. The van der Waals surface area contributed by atoms with Gasteiger partial charge in [-0.1, -0.05) is 0 Å². The smallest absolute Gasteiger partial charge is 0.238 e. The van der Waals surface area contributed by atoms with Gasteiger partial charge in [0.25, 0.3) is 0 Å². The second-order valence-electron chi connectivity index (χ2n) is 4.78. The van der Waals surface area contributed by atoms with E-state index in [0.29, 0.717) is 12.8 Å². The van der Waals surface area contributed by atoms with E-state index in [1.165, 1.54) is 0 Å². The van der Waals surface area contributed by atoms with Crippen LogP contribution < -0.4 is 11.1 Å². The van der Waals surface area contributed by atoms with Gasteiger partial charge in [0.1, 0.15) is 15.4 Å². The summed E-state index contributed by atoms with van der Waals surface area (Å²) in [5.41, 5.74) is 4.78. The van der Waals surface area contributed by atoms with E-state index >= 15 is 0 Å². The molecular formula is C10H19N3O3S. The molecule has 6 nitrogen and oxygen atoms in total. The third-order valence-electron chi connectivity index (χ3n) is 3.83. The molecule has 0 unspecified atom stereocenters. The first-order valence-corrected chi connectivity index (χ1v) is 7.75. The highest BCUT2D eigenvalue weighted by Gasteiger charge is 2.46. The molecule has 2 aliphatic heterocycles. The number of nitrogens with two attached hydrogens (primary N) is 1. The van der Waals surface area contributed by atoms with Crippen LogP contribution in [0.5, 0.6) is 0 Å². The summed E-state index contributed by atoms with van der Waals surface area (Å²) in [5, 5.41) is 3.21. The number of sulfone groups is 1. The van der Waals surface area contributed by atoms with Gasteiger partial charge in [-0.25, -0.2) is 8.42 Å². The minimum Gasteiger partial charge on any atom is -0.368 e. The number of carbonyl (C=O) groups excluding carboxylic acids is 1. The molecule has 0 aromatic rings. The number of carbonyl (C=O) groups is 1. The maximum atomic E-state index is 11.8. The Morgan fingerprint density at radius 1 is 1.18 bits per heavy atom. The van der Waals surface area contributed by atoms with Crippen LogP contribution in [0.25, 0.3) is 0 Å². The number of primary amides is 1. The molecule has 0 atom stereocenters. The maximum absolute atomic E-state index is 11.8. The van der Waals surface area contributed by atoms with Crippen molar-refractivity contribution in [2.45, 2.75) is 18.4 Å². The molecule has 0 aliphatic carbocycles. The predicted octanol–water partition coefficient (Wildman–Crippen LogP) is -1.68. The predicted molar refractivity (Wildman–Crippen MR) is 64.3 cm³/mol. The molecule has 2 saturated heterocycles. The zero-order valence-electron chi connectivity index (χ0n) is 9.81. The van der Waals surface area contributed by atoms with Crippen molar-refractivity contribution in [2.24, 2.45) is 5.73 Å². The third-order valence-corrected chi connectivity index (χ3v) is 5.49. The van der Waals surface area contributed by atoms with Crippen LogP contribution in [0.2, 0.25) is 0 Å². The molecule has 0 saturated carbocycles. The molecule has 0 spiro atoms. The van der Waals surface area contributed by atoms with Crippen LogP contribution in [0, 0.1) is 0 Å². The van der Waals surface area contributed by atoms with Crippen molar-refractivity contribution in [3.05, 3.63) is 0 Å². The van der Waals surface area contributed by atoms with Crippen LogP contribution in [0.1, 0.15) is 12.8 Å². The van der Waals surface area contributed by atoms with Gasteiger partial charge >= 0.3 is 0 Å². The number of nitrogens with one attached hydrogen (secondary N) is 1. The number of hydrogen-bond acceptors (Lipinski definition) is 5. The lowest BCUT2D eigenvalue weighted by Crippen LogP contribution is -2.64. The molecule has 0 aromatic heterocycles. The molecule has 1 amide bonds. The molecule has 2 aliphatic rings. The minimum absolute atomic E-state index is 0.0693. The highest BCUT2D eigenvalue weighted by molar-refractivity contribution is 7.91. The lowest BCUT2D eigenvalue weighted by atomic mass is 9.88. The van der Waals surface area contributed by atoms with Gasteiger partial charge in [-0.3, -0.25) is 9.69 Å². The SMILES string of the molecule is NC(=O)C1(N2CCNCC2)CCS(=O)(=O)CC1. The molecule has 0 radical (unpaired) electrons. The van der Waals surface area contributed by atoms with E-state index in [2.05, 4.69) is 10.2 Å². The Morgan fingerprint density at radius 3 is 2.18 bits per heavy atom. The van der Waals surface area contributed by atoms with Gasteiger partial charge in [-0.15, -0.1) is 0 Å².